The summed E-state index contributed by atoms with van der Waals surface area (Å²) in [5.41, 5.74) is 1.16. The van der Waals surface area contributed by atoms with Crippen molar-refractivity contribution in [3.8, 4) is 5.69 Å². The summed E-state index contributed by atoms with van der Waals surface area (Å²) in [4.78, 5) is 37.0. The molecule has 10 heteroatoms. The van der Waals surface area contributed by atoms with E-state index in [2.05, 4.69) is 10.3 Å². The van der Waals surface area contributed by atoms with Crippen LogP contribution in [0.25, 0.3) is 5.69 Å². The zero-order valence-electron chi connectivity index (χ0n) is 20.3. The highest BCUT2D eigenvalue weighted by molar-refractivity contribution is 6.47. The third-order valence-electron chi connectivity index (χ3n) is 6.94. The van der Waals surface area contributed by atoms with Crippen molar-refractivity contribution in [2.24, 2.45) is 4.99 Å². The summed E-state index contributed by atoms with van der Waals surface area (Å²) in [5.74, 6) is -0.923. The van der Waals surface area contributed by atoms with E-state index in [9.17, 15) is 22.8 Å². The lowest BCUT2D eigenvalue weighted by Gasteiger charge is -2.38. The summed E-state index contributed by atoms with van der Waals surface area (Å²) in [5, 5.41) is 2.51. The van der Waals surface area contributed by atoms with Crippen molar-refractivity contribution in [3.63, 3.8) is 0 Å². The van der Waals surface area contributed by atoms with Crippen LogP contribution in [0.1, 0.15) is 48.9 Å². The molecular formula is C27H26F3N5O2. The third-order valence-corrected chi connectivity index (χ3v) is 6.94. The number of nitrogens with zero attached hydrogens (tertiary/aromatic N) is 4. The minimum absolute atomic E-state index is 0.0238. The molecule has 2 aliphatic rings. The van der Waals surface area contributed by atoms with Crippen LogP contribution in [-0.4, -0.2) is 44.2 Å². The van der Waals surface area contributed by atoms with Crippen LogP contribution in [0, 0.1) is 6.92 Å². The van der Waals surface area contributed by atoms with E-state index in [1.165, 1.54) is 17.0 Å². The lowest BCUT2D eigenvalue weighted by atomic mass is 9.88. The smallest absolute Gasteiger partial charge is 0.325 e. The highest BCUT2D eigenvalue weighted by atomic mass is 19.4. The molecule has 37 heavy (non-hydrogen) atoms. The van der Waals surface area contributed by atoms with Gasteiger partial charge in [-0.05, 0) is 62.9 Å². The average molecular weight is 510 g/mol. The molecule has 7 nitrogen and oxygen atoms in total. The number of carbonyl (C=O) groups is 2. The molecule has 1 aromatic heterocycles. The van der Waals surface area contributed by atoms with E-state index < -0.39 is 23.3 Å². The minimum atomic E-state index is -4.52. The Hall–Kier alpha value is -3.95. The van der Waals surface area contributed by atoms with Gasteiger partial charge in [-0.25, -0.2) is 4.98 Å². The van der Waals surface area contributed by atoms with E-state index in [-0.39, 0.29) is 18.1 Å². The van der Waals surface area contributed by atoms with Gasteiger partial charge in [0.2, 0.25) is 5.91 Å². The van der Waals surface area contributed by atoms with E-state index in [0.717, 1.165) is 42.8 Å². The van der Waals surface area contributed by atoms with Gasteiger partial charge < -0.3 is 14.8 Å². The molecular weight excluding hydrogens is 483 g/mol. The number of aromatic nitrogens is 2. The number of benzene rings is 2. The van der Waals surface area contributed by atoms with Crippen LogP contribution in [0.3, 0.4) is 0 Å². The normalized spacial score (nSPS) is 17.2. The minimum Gasteiger partial charge on any atom is -0.325 e. The first-order chi connectivity index (χ1) is 17.7. The van der Waals surface area contributed by atoms with Crippen molar-refractivity contribution in [2.75, 3.05) is 11.9 Å². The van der Waals surface area contributed by atoms with Gasteiger partial charge in [-0.3, -0.25) is 14.6 Å². The Morgan fingerprint density at radius 1 is 1.08 bits per heavy atom. The molecule has 0 unspecified atom stereocenters. The Bertz CT molecular complexity index is 1350. The summed E-state index contributed by atoms with van der Waals surface area (Å²) in [6.45, 7) is 1.65. The van der Waals surface area contributed by atoms with E-state index in [0.29, 0.717) is 24.1 Å². The second-order valence-electron chi connectivity index (χ2n) is 9.47. The summed E-state index contributed by atoms with van der Waals surface area (Å²) >= 11 is 0. The summed E-state index contributed by atoms with van der Waals surface area (Å²) < 4.78 is 41.1. The monoisotopic (exact) mass is 509 g/mol. The predicted octanol–water partition coefficient (Wildman–Crippen LogP) is 5.13. The Balaban J connectivity index is 1.38. The fraction of sp³-hybridized carbons (Fsp3) is 0.333. The molecule has 1 N–H and O–H groups in total. The first kappa shape index (κ1) is 24.7. The van der Waals surface area contributed by atoms with Gasteiger partial charge in [0.1, 0.15) is 17.9 Å². The largest absolute Gasteiger partial charge is 0.416 e. The van der Waals surface area contributed by atoms with E-state index in [1.54, 1.807) is 12.5 Å². The number of alkyl halides is 3. The first-order valence-corrected chi connectivity index (χ1v) is 12.1. The molecule has 1 spiro atoms. The van der Waals surface area contributed by atoms with E-state index in [4.69, 9.17) is 4.99 Å². The highest BCUT2D eigenvalue weighted by Crippen LogP contribution is 2.39. The van der Waals surface area contributed by atoms with E-state index in [1.807, 2.05) is 35.8 Å². The summed E-state index contributed by atoms with van der Waals surface area (Å²) in [7, 11) is 0. The van der Waals surface area contributed by atoms with Crippen molar-refractivity contribution < 1.29 is 22.8 Å². The maximum atomic E-state index is 13.6. The van der Waals surface area contributed by atoms with Gasteiger partial charge in [0, 0.05) is 28.8 Å². The number of nitrogens with one attached hydrogen (secondary N) is 1. The molecule has 1 aliphatic heterocycles. The van der Waals surface area contributed by atoms with Crippen LogP contribution in [-0.2, 0) is 15.8 Å². The van der Waals surface area contributed by atoms with Crippen molar-refractivity contribution in [1.29, 1.82) is 0 Å². The Morgan fingerprint density at radius 3 is 2.46 bits per heavy atom. The Kier molecular flexibility index (Phi) is 6.35. The van der Waals surface area contributed by atoms with Gasteiger partial charge in [-0.1, -0.05) is 24.6 Å². The maximum Gasteiger partial charge on any atom is 0.416 e. The van der Waals surface area contributed by atoms with Crippen molar-refractivity contribution >= 4 is 23.2 Å². The van der Waals surface area contributed by atoms with Crippen molar-refractivity contribution in [1.82, 2.24) is 14.5 Å². The molecule has 2 amide bonds. The molecule has 3 aromatic rings. The SMILES string of the molecule is Cc1cncn1-c1ccc(C2=NC3(CCCCC3)N(CC(=O)Nc3cccc(C(F)(F)F)c3)C2=O)cc1. The number of rotatable bonds is 5. The molecule has 2 aromatic carbocycles. The molecule has 0 atom stereocenters. The quantitative estimate of drug-likeness (QED) is 0.518. The third kappa shape index (κ3) is 4.87. The van der Waals surface area contributed by atoms with Gasteiger partial charge in [0.05, 0.1) is 11.9 Å². The Morgan fingerprint density at radius 2 is 1.81 bits per heavy atom. The fourth-order valence-corrected chi connectivity index (χ4v) is 5.07. The highest BCUT2D eigenvalue weighted by Gasteiger charge is 2.48. The number of hydrogen-bond acceptors (Lipinski definition) is 4. The van der Waals surface area contributed by atoms with Crippen LogP contribution in [0.4, 0.5) is 18.9 Å². The number of imidazole rings is 1. The van der Waals surface area contributed by atoms with Crippen LogP contribution in [0.5, 0.6) is 0 Å². The number of aryl methyl sites for hydroxylation is 1. The Labute approximate surface area is 212 Å². The zero-order chi connectivity index (χ0) is 26.2. The van der Waals surface area contributed by atoms with Crippen molar-refractivity contribution in [2.45, 2.75) is 50.9 Å². The number of carbonyl (C=O) groups excluding carboxylic acids is 2. The van der Waals surface area contributed by atoms with Crippen LogP contribution < -0.4 is 5.32 Å². The molecule has 5 rings (SSSR count). The molecule has 0 saturated heterocycles. The van der Waals surface area contributed by atoms with Gasteiger partial charge in [0.15, 0.2) is 0 Å². The van der Waals surface area contributed by atoms with Gasteiger partial charge in [0.25, 0.3) is 5.91 Å². The fourth-order valence-electron chi connectivity index (χ4n) is 5.07. The number of amides is 2. The van der Waals surface area contributed by atoms with Gasteiger partial charge in [-0.15, -0.1) is 0 Å². The number of aliphatic imine (C=N–C) groups is 1. The summed E-state index contributed by atoms with van der Waals surface area (Å²) in [6.07, 6.45) is 2.97. The lowest BCUT2D eigenvalue weighted by Crippen LogP contribution is -2.51. The number of halogens is 3. The molecule has 192 valence electrons. The maximum absolute atomic E-state index is 13.6. The molecule has 2 heterocycles. The molecule has 0 radical (unpaired) electrons. The topological polar surface area (TPSA) is 79.6 Å². The van der Waals surface area contributed by atoms with Crippen molar-refractivity contribution in [3.05, 3.63) is 77.9 Å². The van der Waals surface area contributed by atoms with Crippen LogP contribution >= 0.6 is 0 Å². The lowest BCUT2D eigenvalue weighted by molar-refractivity contribution is -0.137. The van der Waals surface area contributed by atoms with Gasteiger partial charge in [-0.2, -0.15) is 13.2 Å². The molecule has 0 bridgehead atoms. The molecule has 1 saturated carbocycles. The number of anilines is 1. The van der Waals surface area contributed by atoms with Crippen LogP contribution in [0.15, 0.2) is 66.0 Å². The number of hydrogen-bond donors (Lipinski definition) is 1. The first-order valence-electron chi connectivity index (χ1n) is 12.1. The second kappa shape index (κ2) is 9.49. The predicted molar refractivity (Wildman–Crippen MR) is 132 cm³/mol. The summed E-state index contributed by atoms with van der Waals surface area (Å²) in [6, 6.07) is 11.9. The molecule has 1 aliphatic carbocycles. The zero-order valence-corrected chi connectivity index (χ0v) is 20.3. The van der Waals surface area contributed by atoms with Gasteiger partial charge >= 0.3 is 6.18 Å². The van der Waals surface area contributed by atoms with E-state index >= 15 is 0 Å². The molecule has 1 fully saturated rings. The average Bonchev–Trinajstić information content (AvgIpc) is 3.41. The second-order valence-corrected chi connectivity index (χ2v) is 9.47. The van der Waals surface area contributed by atoms with Crippen LogP contribution in [0.2, 0.25) is 0 Å². The standard InChI is InChI=1S/C27H26F3N5O2/c1-18-15-31-17-34(18)22-10-8-19(9-11-22)24-25(37)35(26(33-24)12-3-2-4-13-26)16-23(36)32-21-7-5-6-20(14-21)27(28,29)30/h5-11,14-15,17H,2-4,12-13,16H2,1H3,(H,32,36).